The monoisotopic (exact) mass is 400 g/mol. The van der Waals surface area contributed by atoms with E-state index >= 15 is 0 Å². The lowest BCUT2D eigenvalue weighted by molar-refractivity contribution is -0.133. The number of benzene rings is 1. The first-order valence-corrected chi connectivity index (χ1v) is 8.78. The van der Waals surface area contributed by atoms with E-state index in [4.69, 9.17) is 21.1 Å². The van der Waals surface area contributed by atoms with Gasteiger partial charge in [0.05, 0.1) is 6.61 Å². The highest BCUT2D eigenvalue weighted by Gasteiger charge is 2.30. The summed E-state index contributed by atoms with van der Waals surface area (Å²) in [5.74, 6) is -0.0526. The van der Waals surface area contributed by atoms with Crippen molar-refractivity contribution in [2.45, 2.75) is 25.9 Å². The molecule has 1 N–H and O–H groups in total. The number of likely N-dealkylation sites (tertiary alicyclic amines) is 1. The lowest BCUT2D eigenvalue weighted by Gasteiger charge is -2.30. The minimum atomic E-state index is -0.783. The van der Waals surface area contributed by atoms with E-state index < -0.39 is 12.3 Å². The fourth-order valence-electron chi connectivity index (χ4n) is 3.07. The first-order valence-electron chi connectivity index (χ1n) is 8.41. The zero-order chi connectivity index (χ0) is 17.8. The first-order chi connectivity index (χ1) is 12.1. The number of carbonyl (C=O) groups is 2. The van der Waals surface area contributed by atoms with Crippen molar-refractivity contribution in [3.8, 4) is 0 Å². The predicted octanol–water partition coefficient (Wildman–Crippen LogP) is 3.60. The molecule has 1 saturated heterocycles. The van der Waals surface area contributed by atoms with Gasteiger partial charge >= 0.3 is 6.16 Å². The number of halogens is 2. The number of H-pyrrole nitrogens is 1. The molecule has 2 aromatic rings. The van der Waals surface area contributed by atoms with Crippen LogP contribution in [0.15, 0.2) is 24.4 Å². The van der Waals surface area contributed by atoms with Crippen LogP contribution in [-0.4, -0.2) is 54.2 Å². The highest BCUT2D eigenvalue weighted by molar-refractivity contribution is 6.31. The van der Waals surface area contributed by atoms with Gasteiger partial charge in [-0.2, -0.15) is 0 Å². The number of nitrogens with zero attached hydrogens (tertiary/aromatic N) is 1. The largest absolute Gasteiger partial charge is 0.509 e. The second-order valence-corrected chi connectivity index (χ2v) is 6.50. The maximum atomic E-state index is 11.9. The summed E-state index contributed by atoms with van der Waals surface area (Å²) in [7, 11) is 0. The summed E-state index contributed by atoms with van der Waals surface area (Å²) in [5.41, 5.74) is 2.23. The summed E-state index contributed by atoms with van der Waals surface area (Å²) in [5, 5.41) is 1.82. The summed E-state index contributed by atoms with van der Waals surface area (Å²) < 4.78 is 9.88. The van der Waals surface area contributed by atoms with Crippen molar-refractivity contribution in [1.29, 1.82) is 0 Å². The Bertz CT molecular complexity index is 778. The van der Waals surface area contributed by atoms with Crippen molar-refractivity contribution in [2.75, 3.05) is 26.2 Å². The van der Waals surface area contributed by atoms with E-state index in [9.17, 15) is 9.59 Å². The first kappa shape index (κ1) is 20.6. The molecule has 1 aromatic heterocycles. The summed E-state index contributed by atoms with van der Waals surface area (Å²) >= 11 is 6.08. The van der Waals surface area contributed by atoms with Crippen LogP contribution >= 0.6 is 24.0 Å². The van der Waals surface area contributed by atoms with E-state index in [2.05, 4.69) is 9.88 Å². The van der Waals surface area contributed by atoms with Gasteiger partial charge in [0, 0.05) is 48.2 Å². The molecule has 26 heavy (non-hydrogen) atoms. The number of piperidine rings is 1. The fourth-order valence-corrected chi connectivity index (χ4v) is 3.24. The van der Waals surface area contributed by atoms with Gasteiger partial charge in [0.1, 0.15) is 0 Å². The Labute approximate surface area is 163 Å². The summed E-state index contributed by atoms with van der Waals surface area (Å²) in [4.78, 5) is 28.8. The van der Waals surface area contributed by atoms with Crippen molar-refractivity contribution >= 4 is 46.8 Å². The maximum Gasteiger partial charge on any atom is 0.509 e. The van der Waals surface area contributed by atoms with E-state index in [1.807, 2.05) is 24.4 Å². The number of aromatic amines is 1. The molecule has 2 heterocycles. The molecule has 3 rings (SSSR count). The van der Waals surface area contributed by atoms with Gasteiger partial charge in [-0.1, -0.05) is 11.6 Å². The Morgan fingerprint density at radius 2 is 2.23 bits per heavy atom. The van der Waals surface area contributed by atoms with Crippen molar-refractivity contribution in [2.24, 2.45) is 0 Å². The molecule has 1 aliphatic rings. The Kier molecular flexibility index (Phi) is 7.32. The standard InChI is InChI=1S/C18H21ClN2O4.ClH/c1-2-24-18(23)25-17-11-21(8-6-16(17)22)7-5-12-10-20-15-4-3-13(19)9-14(12)15;/h3-4,9-10,17,20H,2,5-8,11H2,1H3;1H. The Hall–Kier alpha value is -1.76. The smallest absolute Gasteiger partial charge is 0.435 e. The molecule has 142 valence electrons. The van der Waals surface area contributed by atoms with Crippen LogP contribution < -0.4 is 0 Å². The molecule has 1 aromatic carbocycles. The molecule has 0 radical (unpaired) electrons. The number of fused-ring (bicyclic) bond motifs is 1. The van der Waals surface area contributed by atoms with E-state index in [0.717, 1.165) is 23.9 Å². The van der Waals surface area contributed by atoms with Crippen LogP contribution in [0.4, 0.5) is 4.79 Å². The maximum absolute atomic E-state index is 11.9. The van der Waals surface area contributed by atoms with Crippen LogP contribution in [0.25, 0.3) is 10.9 Å². The minimum absolute atomic E-state index is 0. The van der Waals surface area contributed by atoms with Gasteiger partial charge in [-0.15, -0.1) is 12.4 Å². The third-order valence-corrected chi connectivity index (χ3v) is 4.62. The molecule has 8 heteroatoms. The van der Waals surface area contributed by atoms with E-state index in [1.54, 1.807) is 6.92 Å². The number of hydrogen-bond acceptors (Lipinski definition) is 5. The molecule has 1 fully saturated rings. The molecule has 0 amide bonds. The molecular weight excluding hydrogens is 379 g/mol. The highest BCUT2D eigenvalue weighted by atomic mass is 35.5. The highest BCUT2D eigenvalue weighted by Crippen LogP contribution is 2.23. The van der Waals surface area contributed by atoms with Crippen molar-refractivity contribution in [3.63, 3.8) is 0 Å². The number of aromatic nitrogens is 1. The summed E-state index contributed by atoms with van der Waals surface area (Å²) in [6, 6.07) is 5.77. The number of rotatable bonds is 5. The molecular formula is C18H22Cl2N2O4. The normalized spacial score (nSPS) is 17.8. The number of Topliss-reactive ketones (excluding diaryl/α,β-unsaturated/α-hetero) is 1. The third kappa shape index (κ3) is 4.90. The minimum Gasteiger partial charge on any atom is -0.435 e. The van der Waals surface area contributed by atoms with Crippen LogP contribution in [0.5, 0.6) is 0 Å². The van der Waals surface area contributed by atoms with Gasteiger partial charge in [0.15, 0.2) is 11.9 Å². The molecule has 0 saturated carbocycles. The van der Waals surface area contributed by atoms with E-state index in [0.29, 0.717) is 24.5 Å². The number of carbonyl (C=O) groups excluding carboxylic acids is 2. The predicted molar refractivity (Wildman–Crippen MR) is 102 cm³/mol. The van der Waals surface area contributed by atoms with Gasteiger partial charge in [-0.3, -0.25) is 9.69 Å². The quantitative estimate of drug-likeness (QED) is 0.776. The molecule has 1 aliphatic heterocycles. The second-order valence-electron chi connectivity index (χ2n) is 6.06. The van der Waals surface area contributed by atoms with Gasteiger partial charge < -0.3 is 14.5 Å². The van der Waals surface area contributed by atoms with Crippen molar-refractivity contribution in [1.82, 2.24) is 9.88 Å². The molecule has 0 bridgehead atoms. The van der Waals surface area contributed by atoms with Crippen LogP contribution in [0.2, 0.25) is 5.02 Å². The average Bonchev–Trinajstić information content (AvgIpc) is 2.98. The van der Waals surface area contributed by atoms with Gasteiger partial charge in [0.25, 0.3) is 0 Å². The number of nitrogens with one attached hydrogen (secondary N) is 1. The molecule has 1 unspecified atom stereocenters. The fraction of sp³-hybridized carbons (Fsp3) is 0.444. The average molecular weight is 401 g/mol. The van der Waals surface area contributed by atoms with Crippen LogP contribution in [-0.2, 0) is 20.7 Å². The summed E-state index contributed by atoms with van der Waals surface area (Å²) in [6.07, 6.45) is 1.66. The van der Waals surface area contributed by atoms with Crippen LogP contribution in [0, 0.1) is 0 Å². The van der Waals surface area contributed by atoms with Gasteiger partial charge in [0.2, 0.25) is 0 Å². The van der Waals surface area contributed by atoms with Crippen molar-refractivity contribution < 1.29 is 19.1 Å². The third-order valence-electron chi connectivity index (χ3n) is 4.39. The summed E-state index contributed by atoms with van der Waals surface area (Å²) in [6.45, 7) is 3.77. The number of hydrogen-bond donors (Lipinski definition) is 1. The molecule has 0 aliphatic carbocycles. The second kappa shape index (κ2) is 9.26. The van der Waals surface area contributed by atoms with E-state index in [-0.39, 0.29) is 24.8 Å². The van der Waals surface area contributed by atoms with Crippen molar-refractivity contribution in [3.05, 3.63) is 35.0 Å². The zero-order valence-corrected chi connectivity index (χ0v) is 16.1. The van der Waals surface area contributed by atoms with Crippen LogP contribution in [0.3, 0.4) is 0 Å². The van der Waals surface area contributed by atoms with Gasteiger partial charge in [-0.05, 0) is 37.1 Å². The Balaban J connectivity index is 0.00000243. The lowest BCUT2D eigenvalue weighted by atomic mass is 10.1. The van der Waals surface area contributed by atoms with E-state index in [1.165, 1.54) is 5.56 Å². The topological polar surface area (TPSA) is 71.6 Å². The van der Waals surface area contributed by atoms with Crippen LogP contribution in [0.1, 0.15) is 18.9 Å². The molecule has 1 atom stereocenters. The zero-order valence-electron chi connectivity index (χ0n) is 14.5. The number of ketones is 1. The molecule has 6 nitrogen and oxygen atoms in total. The Morgan fingerprint density at radius 3 is 3.00 bits per heavy atom. The lowest BCUT2D eigenvalue weighted by Crippen LogP contribution is -2.47. The number of ether oxygens (including phenoxy) is 2. The Morgan fingerprint density at radius 1 is 1.42 bits per heavy atom. The SMILES string of the molecule is CCOC(=O)OC1CN(CCc2c[nH]c3ccc(Cl)cc23)CCC1=O.Cl. The molecule has 0 spiro atoms. The van der Waals surface area contributed by atoms with Gasteiger partial charge in [-0.25, -0.2) is 4.79 Å².